The molecule has 0 radical (unpaired) electrons. The maximum absolute atomic E-state index is 13.6. The molecule has 6 nitrogen and oxygen atoms in total. The van der Waals surface area contributed by atoms with Gasteiger partial charge in [0.15, 0.2) is 0 Å². The Labute approximate surface area is 199 Å². The van der Waals surface area contributed by atoms with E-state index in [9.17, 15) is 17.9 Å². The van der Waals surface area contributed by atoms with Gasteiger partial charge in [0.2, 0.25) is 10.0 Å². The Balaban J connectivity index is 1.63. The normalized spacial score (nSPS) is 22.4. The number of rotatable bonds is 5. The summed E-state index contributed by atoms with van der Waals surface area (Å²) in [4.78, 5) is 2.12. The highest BCUT2D eigenvalue weighted by atomic mass is 32.2. The van der Waals surface area contributed by atoms with Crippen LogP contribution >= 0.6 is 0 Å². The molecule has 0 bridgehead atoms. The van der Waals surface area contributed by atoms with E-state index in [2.05, 4.69) is 4.90 Å². The van der Waals surface area contributed by atoms with Crippen molar-refractivity contribution in [1.29, 1.82) is 0 Å². The van der Waals surface area contributed by atoms with Crippen molar-refractivity contribution in [3.05, 3.63) is 78.1 Å². The lowest BCUT2D eigenvalue weighted by Gasteiger charge is -2.44. The molecule has 3 aromatic rings. The number of anilines is 1. The van der Waals surface area contributed by atoms with E-state index in [1.54, 1.807) is 7.11 Å². The molecule has 0 aliphatic carbocycles. The van der Waals surface area contributed by atoms with Gasteiger partial charge in [-0.25, -0.2) is 12.8 Å². The molecule has 2 aliphatic rings. The number of methoxy groups -OCH3 is 1. The average Bonchev–Trinajstić information content (AvgIpc) is 3.30. The van der Waals surface area contributed by atoms with E-state index in [0.717, 1.165) is 28.1 Å². The molecule has 0 aromatic heterocycles. The summed E-state index contributed by atoms with van der Waals surface area (Å²) in [6.45, 7) is 0.265. The van der Waals surface area contributed by atoms with Crippen LogP contribution in [0.2, 0.25) is 0 Å². The minimum absolute atomic E-state index is 0.0690. The molecule has 3 atom stereocenters. The maximum Gasteiger partial charge on any atom is 0.243 e. The highest BCUT2D eigenvalue weighted by Gasteiger charge is 2.50. The minimum atomic E-state index is -3.86. The molecule has 3 aromatic carbocycles. The number of hydrogen-bond acceptors (Lipinski definition) is 5. The third kappa shape index (κ3) is 3.66. The van der Waals surface area contributed by atoms with Crippen LogP contribution in [-0.2, 0) is 10.0 Å². The lowest BCUT2D eigenvalue weighted by Crippen LogP contribution is -2.48. The Kier molecular flexibility index (Phi) is 5.83. The number of aliphatic hydroxyl groups is 1. The van der Waals surface area contributed by atoms with Crippen molar-refractivity contribution in [1.82, 2.24) is 4.31 Å². The number of fused-ring (bicyclic) bond motifs is 3. The van der Waals surface area contributed by atoms with Crippen LogP contribution in [-0.4, -0.2) is 51.2 Å². The fraction of sp³-hybridized carbons (Fsp3) is 0.308. The van der Waals surface area contributed by atoms with Gasteiger partial charge in [0.25, 0.3) is 0 Å². The fourth-order valence-corrected chi connectivity index (χ4v) is 7.07. The Hall–Kier alpha value is -2.94. The van der Waals surface area contributed by atoms with E-state index in [0.29, 0.717) is 13.0 Å². The second-order valence-corrected chi connectivity index (χ2v) is 10.7. The van der Waals surface area contributed by atoms with E-state index in [-0.39, 0.29) is 23.5 Å². The van der Waals surface area contributed by atoms with E-state index in [1.807, 2.05) is 49.5 Å². The molecular formula is C26H27FN2O4S. The molecule has 0 amide bonds. The molecule has 2 aliphatic heterocycles. The number of ether oxygens (including phenoxy) is 1. The quantitative estimate of drug-likeness (QED) is 0.594. The first kappa shape index (κ1) is 22.8. The molecular weight excluding hydrogens is 455 g/mol. The summed E-state index contributed by atoms with van der Waals surface area (Å²) in [5.41, 5.74) is 3.73. The standard InChI is InChI=1S/C26H27FN2O4S/c1-28-24-11-6-18(17-4-3-5-20(14-17)33-2)15-23(24)26-22(25(28)16-30)12-13-29(26)34(31,32)21-9-7-19(27)8-10-21/h3-11,14-15,22,25-26,30H,12-13,16H2,1-2H3/t22-,25-,26-/m1/s1. The van der Waals surface area contributed by atoms with Gasteiger partial charge in [-0.2, -0.15) is 4.31 Å². The van der Waals surface area contributed by atoms with Crippen molar-refractivity contribution >= 4 is 15.7 Å². The van der Waals surface area contributed by atoms with Crippen molar-refractivity contribution in [3.63, 3.8) is 0 Å². The van der Waals surface area contributed by atoms with Crippen LogP contribution in [0.1, 0.15) is 18.0 Å². The molecule has 34 heavy (non-hydrogen) atoms. The highest BCUT2D eigenvalue weighted by Crippen LogP contribution is 2.51. The number of sulfonamides is 1. The summed E-state index contributed by atoms with van der Waals surface area (Å²) in [6.07, 6.45) is 0.628. The van der Waals surface area contributed by atoms with Crippen LogP contribution < -0.4 is 9.64 Å². The van der Waals surface area contributed by atoms with E-state index >= 15 is 0 Å². The second-order valence-electron chi connectivity index (χ2n) is 8.83. The van der Waals surface area contributed by atoms with Gasteiger partial charge in [-0.3, -0.25) is 0 Å². The second kappa shape index (κ2) is 8.69. The molecule has 0 unspecified atom stereocenters. The first-order valence-corrected chi connectivity index (χ1v) is 12.7. The van der Waals surface area contributed by atoms with E-state index in [1.165, 1.54) is 28.6 Å². The summed E-state index contributed by atoms with van der Waals surface area (Å²) in [6, 6.07) is 18.1. The van der Waals surface area contributed by atoms with Crippen molar-refractivity contribution in [2.75, 3.05) is 32.2 Å². The Morgan fingerprint density at radius 1 is 1.06 bits per heavy atom. The Bertz CT molecular complexity index is 1310. The highest BCUT2D eigenvalue weighted by molar-refractivity contribution is 7.89. The van der Waals surface area contributed by atoms with Crippen molar-refractivity contribution < 1.29 is 22.7 Å². The predicted molar refractivity (Wildman–Crippen MR) is 129 cm³/mol. The number of benzene rings is 3. The zero-order valence-electron chi connectivity index (χ0n) is 19.1. The first-order chi connectivity index (χ1) is 16.3. The van der Waals surface area contributed by atoms with Crippen LogP contribution in [0.3, 0.4) is 0 Å². The molecule has 0 saturated carbocycles. The molecule has 1 N–H and O–H groups in total. The molecule has 0 spiro atoms. The number of likely N-dealkylation sites (N-methyl/N-ethyl adjacent to an activating group) is 1. The van der Waals surface area contributed by atoms with Crippen LogP contribution in [0.5, 0.6) is 5.75 Å². The molecule has 8 heteroatoms. The topological polar surface area (TPSA) is 70.1 Å². The van der Waals surface area contributed by atoms with Gasteiger partial charge in [-0.05, 0) is 71.6 Å². The van der Waals surface area contributed by atoms with Gasteiger partial charge >= 0.3 is 0 Å². The van der Waals surface area contributed by atoms with Crippen LogP contribution in [0.4, 0.5) is 10.1 Å². The van der Waals surface area contributed by atoms with Gasteiger partial charge in [0.1, 0.15) is 11.6 Å². The number of halogens is 1. The molecule has 1 saturated heterocycles. The molecule has 1 fully saturated rings. The lowest BCUT2D eigenvalue weighted by atomic mass is 9.81. The summed E-state index contributed by atoms with van der Waals surface area (Å²) in [7, 11) is -0.294. The van der Waals surface area contributed by atoms with Gasteiger partial charge in [-0.1, -0.05) is 18.2 Å². The first-order valence-electron chi connectivity index (χ1n) is 11.2. The Morgan fingerprint density at radius 2 is 1.79 bits per heavy atom. The summed E-state index contributed by atoms with van der Waals surface area (Å²) < 4.78 is 47.6. The number of hydrogen-bond donors (Lipinski definition) is 1. The average molecular weight is 483 g/mol. The van der Waals surface area contributed by atoms with Crippen molar-refractivity contribution in [2.45, 2.75) is 23.4 Å². The summed E-state index contributed by atoms with van der Waals surface area (Å²) >= 11 is 0. The minimum Gasteiger partial charge on any atom is -0.497 e. The van der Waals surface area contributed by atoms with Crippen molar-refractivity contribution in [3.8, 4) is 16.9 Å². The third-order valence-corrected chi connectivity index (χ3v) is 9.02. The summed E-state index contributed by atoms with van der Waals surface area (Å²) in [5, 5.41) is 10.2. The zero-order chi connectivity index (χ0) is 24.0. The van der Waals surface area contributed by atoms with Crippen LogP contribution in [0.25, 0.3) is 11.1 Å². The largest absolute Gasteiger partial charge is 0.497 e. The number of nitrogens with zero attached hydrogens (tertiary/aromatic N) is 2. The van der Waals surface area contributed by atoms with Crippen LogP contribution in [0, 0.1) is 11.7 Å². The molecule has 2 heterocycles. The van der Waals surface area contributed by atoms with Gasteiger partial charge < -0.3 is 14.7 Å². The van der Waals surface area contributed by atoms with Gasteiger partial charge in [-0.15, -0.1) is 0 Å². The van der Waals surface area contributed by atoms with Crippen molar-refractivity contribution in [2.24, 2.45) is 5.92 Å². The lowest BCUT2D eigenvalue weighted by molar-refractivity contribution is 0.193. The molecule has 178 valence electrons. The smallest absolute Gasteiger partial charge is 0.243 e. The van der Waals surface area contributed by atoms with Gasteiger partial charge in [0.05, 0.1) is 30.7 Å². The van der Waals surface area contributed by atoms with Crippen LogP contribution in [0.15, 0.2) is 71.6 Å². The van der Waals surface area contributed by atoms with E-state index < -0.39 is 21.9 Å². The SMILES string of the molecule is COc1cccc(-c2ccc3c(c2)[C@H]2[C@H](CCN2S(=O)(=O)c2ccc(F)cc2)[C@@H](CO)N3C)c1. The number of aliphatic hydroxyl groups excluding tert-OH is 1. The maximum atomic E-state index is 13.6. The predicted octanol–water partition coefficient (Wildman–Crippen LogP) is 4.06. The summed E-state index contributed by atoms with van der Waals surface area (Å²) in [5.74, 6) is 0.191. The monoisotopic (exact) mass is 482 g/mol. The Morgan fingerprint density at radius 3 is 2.50 bits per heavy atom. The molecule has 5 rings (SSSR count). The zero-order valence-corrected chi connectivity index (χ0v) is 19.9. The van der Waals surface area contributed by atoms with Gasteiger partial charge in [0, 0.05) is 25.2 Å². The fourth-order valence-electron chi connectivity index (χ4n) is 5.41. The third-order valence-electron chi connectivity index (χ3n) is 7.13. The van der Waals surface area contributed by atoms with E-state index in [4.69, 9.17) is 4.74 Å².